The molecule has 0 bridgehead atoms. The third kappa shape index (κ3) is 4.46. The fourth-order valence-electron chi connectivity index (χ4n) is 2.28. The summed E-state index contributed by atoms with van der Waals surface area (Å²) >= 11 is 5.92. The molecule has 1 amide bonds. The standard InChI is InChI=1S/C20H17ClN4O/c1-2-12-22-20(26)17-13-18(23-16-10-8-15(21)9-11-16)25-19(24-17)14-6-4-3-5-7-14/h2-11,13H,1,12H2,(H,22,26)(H,23,24,25). The summed E-state index contributed by atoms with van der Waals surface area (Å²) in [5, 5.41) is 6.56. The second-order valence-electron chi connectivity index (χ2n) is 5.46. The van der Waals surface area contributed by atoms with Crippen LogP contribution in [0, 0.1) is 0 Å². The first kappa shape index (κ1) is 17.6. The molecule has 0 saturated heterocycles. The predicted octanol–water partition coefficient (Wildman–Crippen LogP) is 4.46. The Balaban J connectivity index is 1.98. The normalized spacial score (nSPS) is 10.2. The lowest BCUT2D eigenvalue weighted by Gasteiger charge is -2.10. The van der Waals surface area contributed by atoms with Crippen LogP contribution in [0.3, 0.4) is 0 Å². The molecule has 0 aliphatic rings. The first-order chi connectivity index (χ1) is 12.7. The average molecular weight is 365 g/mol. The van der Waals surface area contributed by atoms with E-state index in [0.29, 0.717) is 23.2 Å². The number of amides is 1. The second kappa shape index (κ2) is 8.27. The van der Waals surface area contributed by atoms with E-state index in [4.69, 9.17) is 11.6 Å². The van der Waals surface area contributed by atoms with E-state index < -0.39 is 0 Å². The van der Waals surface area contributed by atoms with Gasteiger partial charge in [-0.05, 0) is 24.3 Å². The quantitative estimate of drug-likeness (QED) is 0.634. The summed E-state index contributed by atoms with van der Waals surface area (Å²) in [5.41, 5.74) is 1.91. The lowest BCUT2D eigenvalue weighted by Crippen LogP contribution is -2.24. The van der Waals surface area contributed by atoms with Crippen molar-refractivity contribution < 1.29 is 4.79 Å². The summed E-state index contributed by atoms with van der Waals surface area (Å²) < 4.78 is 0. The number of nitrogens with one attached hydrogen (secondary N) is 2. The molecule has 2 N–H and O–H groups in total. The maximum atomic E-state index is 12.3. The van der Waals surface area contributed by atoms with Crippen molar-refractivity contribution in [3.8, 4) is 11.4 Å². The zero-order chi connectivity index (χ0) is 18.4. The third-order valence-corrected chi connectivity index (χ3v) is 3.77. The van der Waals surface area contributed by atoms with Gasteiger partial charge in [0.05, 0.1) is 0 Å². The first-order valence-corrected chi connectivity index (χ1v) is 8.39. The highest BCUT2D eigenvalue weighted by atomic mass is 35.5. The van der Waals surface area contributed by atoms with Gasteiger partial charge in [0.25, 0.3) is 5.91 Å². The highest BCUT2D eigenvalue weighted by Crippen LogP contribution is 2.22. The Hall–Kier alpha value is -3.18. The van der Waals surface area contributed by atoms with Gasteiger partial charge in [0.1, 0.15) is 11.5 Å². The maximum Gasteiger partial charge on any atom is 0.270 e. The van der Waals surface area contributed by atoms with Crippen molar-refractivity contribution in [1.82, 2.24) is 15.3 Å². The molecule has 1 heterocycles. The van der Waals surface area contributed by atoms with E-state index in [1.165, 1.54) is 0 Å². The molecule has 0 saturated carbocycles. The Bertz CT molecular complexity index is 911. The number of hydrogen-bond acceptors (Lipinski definition) is 4. The van der Waals surface area contributed by atoms with Crippen LogP contribution >= 0.6 is 11.6 Å². The van der Waals surface area contributed by atoms with E-state index in [1.54, 1.807) is 24.3 Å². The van der Waals surface area contributed by atoms with Crippen molar-refractivity contribution in [3.63, 3.8) is 0 Å². The number of carbonyl (C=O) groups is 1. The van der Waals surface area contributed by atoms with Gasteiger partial charge in [-0.25, -0.2) is 9.97 Å². The molecular formula is C20H17ClN4O. The predicted molar refractivity (Wildman–Crippen MR) is 105 cm³/mol. The number of halogens is 1. The van der Waals surface area contributed by atoms with Gasteiger partial charge in [-0.15, -0.1) is 6.58 Å². The van der Waals surface area contributed by atoms with Gasteiger partial charge >= 0.3 is 0 Å². The van der Waals surface area contributed by atoms with Gasteiger partial charge in [-0.1, -0.05) is 48.0 Å². The monoisotopic (exact) mass is 364 g/mol. The van der Waals surface area contributed by atoms with Gasteiger partial charge < -0.3 is 10.6 Å². The summed E-state index contributed by atoms with van der Waals surface area (Å²) in [6, 6.07) is 18.3. The minimum atomic E-state index is -0.288. The van der Waals surface area contributed by atoms with Crippen LogP contribution in [0.5, 0.6) is 0 Å². The number of carbonyl (C=O) groups excluding carboxylic acids is 1. The van der Waals surface area contributed by atoms with E-state index in [9.17, 15) is 4.79 Å². The molecule has 0 atom stereocenters. The van der Waals surface area contributed by atoms with Crippen LogP contribution < -0.4 is 10.6 Å². The zero-order valence-electron chi connectivity index (χ0n) is 13.9. The Morgan fingerprint density at radius 1 is 1.08 bits per heavy atom. The van der Waals surface area contributed by atoms with Crippen LogP contribution in [0.4, 0.5) is 11.5 Å². The molecular weight excluding hydrogens is 348 g/mol. The maximum absolute atomic E-state index is 12.3. The summed E-state index contributed by atoms with van der Waals surface area (Å²) in [4.78, 5) is 21.3. The molecule has 0 fully saturated rings. The average Bonchev–Trinajstić information content (AvgIpc) is 2.68. The van der Waals surface area contributed by atoms with Gasteiger partial charge in [0.15, 0.2) is 5.82 Å². The van der Waals surface area contributed by atoms with Crippen molar-refractivity contribution in [3.05, 3.63) is 84.0 Å². The molecule has 0 aliphatic heterocycles. The number of hydrogen-bond donors (Lipinski definition) is 2. The summed E-state index contributed by atoms with van der Waals surface area (Å²) in [6.07, 6.45) is 1.62. The summed E-state index contributed by atoms with van der Waals surface area (Å²) in [5.74, 6) is 0.696. The number of anilines is 2. The third-order valence-electron chi connectivity index (χ3n) is 3.51. The molecule has 26 heavy (non-hydrogen) atoms. The largest absolute Gasteiger partial charge is 0.347 e. The van der Waals surface area contributed by atoms with E-state index in [2.05, 4.69) is 27.2 Å². The lowest BCUT2D eigenvalue weighted by atomic mass is 10.2. The minimum absolute atomic E-state index is 0.275. The van der Waals surface area contributed by atoms with Crippen LogP contribution in [-0.2, 0) is 0 Å². The number of rotatable bonds is 6. The molecule has 0 unspecified atom stereocenters. The fourth-order valence-corrected chi connectivity index (χ4v) is 2.41. The molecule has 2 aromatic carbocycles. The molecule has 6 heteroatoms. The fraction of sp³-hybridized carbons (Fsp3) is 0.0500. The van der Waals surface area contributed by atoms with Gasteiger partial charge in [-0.3, -0.25) is 4.79 Å². The molecule has 0 radical (unpaired) electrons. The number of nitrogens with zero attached hydrogens (tertiary/aromatic N) is 2. The van der Waals surface area contributed by atoms with Gasteiger partial charge in [-0.2, -0.15) is 0 Å². The van der Waals surface area contributed by atoms with Crippen LogP contribution in [0.25, 0.3) is 11.4 Å². The number of aromatic nitrogens is 2. The molecule has 3 aromatic rings. The molecule has 5 nitrogen and oxygen atoms in total. The van der Waals surface area contributed by atoms with Crippen LogP contribution in [0.2, 0.25) is 5.02 Å². The van der Waals surface area contributed by atoms with E-state index >= 15 is 0 Å². The highest BCUT2D eigenvalue weighted by molar-refractivity contribution is 6.30. The SMILES string of the molecule is C=CCNC(=O)c1cc(Nc2ccc(Cl)cc2)nc(-c2ccccc2)n1. The van der Waals surface area contributed by atoms with E-state index in [-0.39, 0.29) is 11.6 Å². The Morgan fingerprint density at radius 3 is 2.50 bits per heavy atom. The molecule has 0 aliphatic carbocycles. The molecule has 130 valence electrons. The summed E-state index contributed by atoms with van der Waals surface area (Å²) in [7, 11) is 0. The lowest BCUT2D eigenvalue weighted by molar-refractivity contribution is 0.0953. The molecule has 1 aromatic heterocycles. The van der Waals surface area contributed by atoms with E-state index in [1.807, 2.05) is 42.5 Å². The van der Waals surface area contributed by atoms with Crippen LogP contribution in [0.15, 0.2) is 73.3 Å². The van der Waals surface area contributed by atoms with Gasteiger partial charge in [0, 0.05) is 28.9 Å². The zero-order valence-corrected chi connectivity index (χ0v) is 14.7. The van der Waals surface area contributed by atoms with Crippen molar-refractivity contribution in [2.24, 2.45) is 0 Å². The van der Waals surface area contributed by atoms with Crippen LogP contribution in [0.1, 0.15) is 10.5 Å². The Kier molecular flexibility index (Phi) is 5.61. The summed E-state index contributed by atoms with van der Waals surface area (Å²) in [6.45, 7) is 3.97. The Labute approximate surface area is 156 Å². The molecule has 0 spiro atoms. The highest BCUT2D eigenvalue weighted by Gasteiger charge is 2.12. The van der Waals surface area contributed by atoms with Crippen molar-refractivity contribution in [1.29, 1.82) is 0 Å². The van der Waals surface area contributed by atoms with Crippen molar-refractivity contribution >= 4 is 29.0 Å². The topological polar surface area (TPSA) is 66.9 Å². The first-order valence-electron chi connectivity index (χ1n) is 8.02. The van der Waals surface area contributed by atoms with E-state index in [0.717, 1.165) is 11.3 Å². The van der Waals surface area contributed by atoms with Crippen molar-refractivity contribution in [2.45, 2.75) is 0 Å². The molecule has 3 rings (SSSR count). The number of benzene rings is 2. The van der Waals surface area contributed by atoms with Crippen molar-refractivity contribution in [2.75, 3.05) is 11.9 Å². The smallest absolute Gasteiger partial charge is 0.270 e. The Morgan fingerprint density at radius 2 is 1.81 bits per heavy atom. The second-order valence-corrected chi connectivity index (χ2v) is 5.90. The minimum Gasteiger partial charge on any atom is -0.347 e. The van der Waals surface area contributed by atoms with Gasteiger partial charge in [0.2, 0.25) is 0 Å². The van der Waals surface area contributed by atoms with Crippen LogP contribution in [-0.4, -0.2) is 22.4 Å².